The van der Waals surface area contributed by atoms with Crippen molar-refractivity contribution >= 4 is 0 Å². The minimum Gasteiger partial charge on any atom is -0.309 e. The molecular formula is C17H15N3. The summed E-state index contributed by atoms with van der Waals surface area (Å²) in [4.78, 5) is 0. The first-order valence-corrected chi connectivity index (χ1v) is 6.42. The normalized spacial score (nSPS) is 9.75. The molecule has 0 unspecified atom stereocenters. The highest BCUT2D eigenvalue weighted by molar-refractivity contribution is 5.37. The second kappa shape index (κ2) is 6.52. The number of aryl methyl sites for hydroxylation is 1. The van der Waals surface area contributed by atoms with Gasteiger partial charge < -0.3 is 5.32 Å². The molecule has 2 rings (SSSR count). The molecule has 0 aliphatic heterocycles. The Labute approximate surface area is 119 Å². The number of benzene rings is 2. The summed E-state index contributed by atoms with van der Waals surface area (Å²) in [6, 6.07) is 17.6. The van der Waals surface area contributed by atoms with Gasteiger partial charge in [-0.1, -0.05) is 18.2 Å². The van der Waals surface area contributed by atoms with E-state index >= 15 is 0 Å². The quantitative estimate of drug-likeness (QED) is 0.920. The number of nitrogens with one attached hydrogen (secondary N) is 1. The van der Waals surface area contributed by atoms with Crippen LogP contribution in [0.4, 0.5) is 0 Å². The summed E-state index contributed by atoms with van der Waals surface area (Å²) in [7, 11) is 0. The number of hydrogen-bond donors (Lipinski definition) is 1. The van der Waals surface area contributed by atoms with Crippen LogP contribution in [-0.4, -0.2) is 0 Å². The van der Waals surface area contributed by atoms with Crippen molar-refractivity contribution in [1.29, 1.82) is 10.5 Å². The maximum absolute atomic E-state index is 8.85. The van der Waals surface area contributed by atoms with Gasteiger partial charge in [0.05, 0.1) is 23.3 Å². The summed E-state index contributed by atoms with van der Waals surface area (Å²) in [6.45, 7) is 3.47. The molecule has 3 nitrogen and oxygen atoms in total. The number of nitrogens with zero attached hydrogens (tertiary/aromatic N) is 2. The Balaban J connectivity index is 1.96. The zero-order chi connectivity index (χ0) is 14.4. The maximum atomic E-state index is 8.85. The van der Waals surface area contributed by atoms with E-state index in [0.717, 1.165) is 24.2 Å². The minimum absolute atomic E-state index is 0.679. The first-order valence-electron chi connectivity index (χ1n) is 6.42. The van der Waals surface area contributed by atoms with Crippen LogP contribution in [0.25, 0.3) is 0 Å². The largest absolute Gasteiger partial charge is 0.309 e. The van der Waals surface area contributed by atoms with Gasteiger partial charge in [-0.15, -0.1) is 0 Å². The molecule has 2 aromatic rings. The first kappa shape index (κ1) is 13.8. The van der Waals surface area contributed by atoms with Crippen molar-refractivity contribution in [3.63, 3.8) is 0 Å². The number of nitriles is 2. The molecule has 1 N–H and O–H groups in total. The van der Waals surface area contributed by atoms with Crippen LogP contribution in [-0.2, 0) is 13.1 Å². The Kier molecular flexibility index (Phi) is 4.50. The third kappa shape index (κ3) is 3.45. The lowest BCUT2D eigenvalue weighted by Gasteiger charge is -2.08. The highest BCUT2D eigenvalue weighted by Gasteiger charge is 2.00. The lowest BCUT2D eigenvalue weighted by atomic mass is 10.1. The van der Waals surface area contributed by atoms with Gasteiger partial charge >= 0.3 is 0 Å². The van der Waals surface area contributed by atoms with Crippen LogP contribution in [0.2, 0.25) is 0 Å². The fourth-order valence-corrected chi connectivity index (χ4v) is 2.06. The van der Waals surface area contributed by atoms with Crippen LogP contribution in [0.3, 0.4) is 0 Å². The van der Waals surface area contributed by atoms with Gasteiger partial charge in [0, 0.05) is 13.1 Å². The molecule has 0 radical (unpaired) electrons. The monoisotopic (exact) mass is 261 g/mol. The summed E-state index contributed by atoms with van der Waals surface area (Å²) in [5.41, 5.74) is 4.75. The van der Waals surface area contributed by atoms with Gasteiger partial charge in [0.2, 0.25) is 0 Å². The summed E-state index contributed by atoms with van der Waals surface area (Å²) >= 11 is 0. The zero-order valence-electron chi connectivity index (χ0n) is 11.4. The minimum atomic E-state index is 0.679. The molecule has 3 heteroatoms. The van der Waals surface area contributed by atoms with Crippen molar-refractivity contribution in [2.75, 3.05) is 0 Å². The maximum Gasteiger partial charge on any atom is 0.0991 e. The molecule has 0 aliphatic carbocycles. The zero-order valence-corrected chi connectivity index (χ0v) is 11.4. The molecule has 0 saturated heterocycles. The van der Waals surface area contributed by atoms with Crippen LogP contribution in [0.15, 0.2) is 42.5 Å². The summed E-state index contributed by atoms with van der Waals surface area (Å²) in [6.07, 6.45) is 0. The molecule has 20 heavy (non-hydrogen) atoms. The van der Waals surface area contributed by atoms with Crippen LogP contribution in [0.1, 0.15) is 27.8 Å². The molecule has 0 saturated carbocycles. The average molecular weight is 261 g/mol. The van der Waals surface area contributed by atoms with E-state index in [0.29, 0.717) is 11.1 Å². The third-order valence-corrected chi connectivity index (χ3v) is 3.17. The SMILES string of the molecule is Cc1cc(C#N)ccc1CNCc1cccc(C#N)c1. The van der Waals surface area contributed by atoms with Gasteiger partial charge in [-0.05, 0) is 47.9 Å². The van der Waals surface area contributed by atoms with E-state index in [1.165, 1.54) is 5.56 Å². The van der Waals surface area contributed by atoms with E-state index in [4.69, 9.17) is 10.5 Å². The first-order chi connectivity index (χ1) is 9.72. The lowest BCUT2D eigenvalue weighted by Crippen LogP contribution is -2.13. The van der Waals surface area contributed by atoms with Crippen molar-refractivity contribution < 1.29 is 0 Å². The second-order valence-electron chi connectivity index (χ2n) is 4.67. The molecule has 0 aromatic heterocycles. The van der Waals surface area contributed by atoms with Crippen molar-refractivity contribution in [1.82, 2.24) is 5.32 Å². The van der Waals surface area contributed by atoms with Gasteiger partial charge in [-0.3, -0.25) is 0 Å². The fourth-order valence-electron chi connectivity index (χ4n) is 2.06. The topological polar surface area (TPSA) is 59.6 Å². The van der Waals surface area contributed by atoms with Gasteiger partial charge in [0.15, 0.2) is 0 Å². The van der Waals surface area contributed by atoms with Crippen LogP contribution < -0.4 is 5.32 Å². The van der Waals surface area contributed by atoms with E-state index in [2.05, 4.69) is 17.5 Å². The highest BCUT2D eigenvalue weighted by atomic mass is 14.8. The number of rotatable bonds is 4. The van der Waals surface area contributed by atoms with E-state index in [-0.39, 0.29) is 0 Å². The number of hydrogen-bond acceptors (Lipinski definition) is 3. The predicted molar refractivity (Wildman–Crippen MR) is 77.6 cm³/mol. The molecule has 0 bridgehead atoms. The van der Waals surface area contributed by atoms with Gasteiger partial charge in [-0.25, -0.2) is 0 Å². The molecule has 98 valence electrons. The molecule has 2 aromatic carbocycles. The Morgan fingerprint density at radius 3 is 2.40 bits per heavy atom. The van der Waals surface area contributed by atoms with Gasteiger partial charge in [-0.2, -0.15) is 10.5 Å². The van der Waals surface area contributed by atoms with Crippen LogP contribution in [0, 0.1) is 29.6 Å². The standard InChI is InChI=1S/C17H15N3/c1-13-7-15(10-19)5-6-17(13)12-20-11-16-4-2-3-14(8-16)9-18/h2-8,20H,11-12H2,1H3. The molecule has 0 aliphatic rings. The lowest BCUT2D eigenvalue weighted by molar-refractivity contribution is 0.690. The molecular weight excluding hydrogens is 246 g/mol. The van der Waals surface area contributed by atoms with E-state index in [1.807, 2.05) is 43.3 Å². The van der Waals surface area contributed by atoms with Gasteiger partial charge in [0.25, 0.3) is 0 Å². The molecule has 0 fully saturated rings. The molecule has 0 amide bonds. The summed E-state index contributed by atoms with van der Waals surface area (Å²) in [5, 5.41) is 21.0. The average Bonchev–Trinajstić information content (AvgIpc) is 2.49. The predicted octanol–water partition coefficient (Wildman–Crippen LogP) is 3.03. The Hall–Kier alpha value is -2.62. The van der Waals surface area contributed by atoms with E-state index in [9.17, 15) is 0 Å². The van der Waals surface area contributed by atoms with Crippen molar-refractivity contribution in [3.8, 4) is 12.1 Å². The van der Waals surface area contributed by atoms with Crippen molar-refractivity contribution in [3.05, 3.63) is 70.3 Å². The van der Waals surface area contributed by atoms with Crippen LogP contribution in [0.5, 0.6) is 0 Å². The Morgan fingerprint density at radius 2 is 1.70 bits per heavy atom. The van der Waals surface area contributed by atoms with E-state index < -0.39 is 0 Å². The Morgan fingerprint density at radius 1 is 0.950 bits per heavy atom. The summed E-state index contributed by atoms with van der Waals surface area (Å²) < 4.78 is 0. The highest BCUT2D eigenvalue weighted by Crippen LogP contribution is 2.11. The third-order valence-electron chi connectivity index (χ3n) is 3.17. The van der Waals surface area contributed by atoms with Gasteiger partial charge in [0.1, 0.15) is 0 Å². The Bertz CT molecular complexity index is 690. The van der Waals surface area contributed by atoms with E-state index in [1.54, 1.807) is 6.07 Å². The van der Waals surface area contributed by atoms with Crippen molar-refractivity contribution in [2.24, 2.45) is 0 Å². The smallest absolute Gasteiger partial charge is 0.0991 e. The summed E-state index contributed by atoms with van der Waals surface area (Å²) in [5.74, 6) is 0. The fraction of sp³-hybridized carbons (Fsp3) is 0.176. The molecule has 0 heterocycles. The molecule has 0 atom stereocenters. The van der Waals surface area contributed by atoms with Crippen LogP contribution >= 0.6 is 0 Å². The molecule has 0 spiro atoms. The van der Waals surface area contributed by atoms with Crippen molar-refractivity contribution in [2.45, 2.75) is 20.0 Å². The second-order valence-corrected chi connectivity index (χ2v) is 4.67.